The molecule has 27 heavy (non-hydrogen) atoms. The maximum Gasteiger partial charge on any atom is 0.251 e. The molecule has 0 saturated carbocycles. The minimum Gasteiger partial charge on any atom is -0.348 e. The number of hydrogen-bond acceptors (Lipinski definition) is 4. The van der Waals surface area contributed by atoms with Gasteiger partial charge in [-0.2, -0.15) is 0 Å². The van der Waals surface area contributed by atoms with Crippen molar-refractivity contribution >= 4 is 29.3 Å². The Bertz CT molecular complexity index is 817. The van der Waals surface area contributed by atoms with Crippen LogP contribution in [0.3, 0.4) is 0 Å². The van der Waals surface area contributed by atoms with E-state index in [-0.39, 0.29) is 11.8 Å². The number of rotatable bonds is 7. The number of fused-ring (bicyclic) bond motifs is 1. The molecule has 0 saturated heterocycles. The topological polar surface area (TPSA) is 61.4 Å². The summed E-state index contributed by atoms with van der Waals surface area (Å²) < 4.78 is 0. The fraction of sp³-hybridized carbons (Fsp3) is 0.333. The number of amides is 2. The molecule has 0 unspecified atom stereocenters. The lowest BCUT2D eigenvalue weighted by Gasteiger charge is -2.18. The first kappa shape index (κ1) is 19.5. The van der Waals surface area contributed by atoms with Gasteiger partial charge in [0, 0.05) is 23.5 Å². The van der Waals surface area contributed by atoms with Gasteiger partial charge in [0.15, 0.2) is 0 Å². The van der Waals surface area contributed by atoms with Crippen molar-refractivity contribution in [3.8, 4) is 0 Å². The Morgan fingerprint density at radius 2 is 1.81 bits per heavy atom. The van der Waals surface area contributed by atoms with E-state index in [4.69, 9.17) is 0 Å². The van der Waals surface area contributed by atoms with Gasteiger partial charge >= 0.3 is 0 Å². The predicted octanol–water partition coefficient (Wildman–Crippen LogP) is 3.50. The highest BCUT2D eigenvalue weighted by atomic mass is 32.2. The van der Waals surface area contributed by atoms with Crippen LogP contribution in [0, 0.1) is 0 Å². The molecular formula is C21H25N3O2S. The molecule has 2 N–H and O–H groups in total. The average molecular weight is 384 g/mol. The number of nitrogens with one attached hydrogen (secondary N) is 2. The summed E-state index contributed by atoms with van der Waals surface area (Å²) in [6, 6.07) is 13.8. The second kappa shape index (κ2) is 9.06. The monoisotopic (exact) mass is 383 g/mol. The van der Waals surface area contributed by atoms with E-state index in [1.54, 1.807) is 12.1 Å². The van der Waals surface area contributed by atoms with Crippen molar-refractivity contribution < 1.29 is 9.59 Å². The minimum atomic E-state index is -0.144. The lowest BCUT2D eigenvalue weighted by atomic mass is 10.1. The number of anilines is 1. The summed E-state index contributed by atoms with van der Waals surface area (Å²) in [5, 5.41) is 5.76. The highest BCUT2D eigenvalue weighted by molar-refractivity contribution is 8.00. The van der Waals surface area contributed by atoms with Gasteiger partial charge < -0.3 is 10.6 Å². The Balaban J connectivity index is 1.57. The second-order valence-corrected chi connectivity index (χ2v) is 7.53. The van der Waals surface area contributed by atoms with E-state index in [9.17, 15) is 9.59 Å². The van der Waals surface area contributed by atoms with Gasteiger partial charge in [0.05, 0.1) is 11.4 Å². The van der Waals surface area contributed by atoms with E-state index in [1.807, 2.05) is 6.07 Å². The Hall–Kier alpha value is -2.31. The van der Waals surface area contributed by atoms with E-state index in [2.05, 4.69) is 53.6 Å². The molecule has 142 valence electrons. The van der Waals surface area contributed by atoms with Gasteiger partial charge in [0.25, 0.3) is 5.91 Å². The van der Waals surface area contributed by atoms with Crippen molar-refractivity contribution in [2.45, 2.75) is 31.8 Å². The zero-order chi connectivity index (χ0) is 19.2. The number of carbonyl (C=O) groups is 2. The third-order valence-corrected chi connectivity index (χ3v) is 5.72. The molecule has 0 aromatic heterocycles. The number of carbonyl (C=O) groups excluding carboxylic acids is 2. The molecule has 0 atom stereocenters. The molecule has 5 nitrogen and oxygen atoms in total. The van der Waals surface area contributed by atoms with E-state index in [1.165, 1.54) is 17.3 Å². The lowest BCUT2D eigenvalue weighted by molar-refractivity contribution is -0.113. The van der Waals surface area contributed by atoms with Crippen LogP contribution in [0.5, 0.6) is 0 Å². The van der Waals surface area contributed by atoms with E-state index < -0.39 is 0 Å². The molecule has 0 spiro atoms. The standard InChI is InChI=1S/C21H25N3O2S/c1-3-24(4-2)13-16-7-5-15(6-8-16)12-22-21(26)17-9-10-19-18(11-17)23-20(25)14-27-19/h5-11H,3-4,12-14H2,1-2H3,(H,22,26)(H,23,25). The van der Waals surface area contributed by atoms with E-state index in [0.29, 0.717) is 23.5 Å². The summed E-state index contributed by atoms with van der Waals surface area (Å²) in [7, 11) is 0. The third-order valence-electron chi connectivity index (χ3n) is 4.65. The molecule has 0 radical (unpaired) electrons. The van der Waals surface area contributed by atoms with Gasteiger partial charge in [-0.25, -0.2) is 0 Å². The molecule has 2 amide bonds. The number of hydrogen-bond donors (Lipinski definition) is 2. The van der Waals surface area contributed by atoms with Crippen molar-refractivity contribution in [1.29, 1.82) is 0 Å². The van der Waals surface area contributed by atoms with Gasteiger partial charge in [-0.15, -0.1) is 11.8 Å². The molecule has 1 aliphatic rings. The van der Waals surface area contributed by atoms with Crippen LogP contribution in [-0.2, 0) is 17.9 Å². The first-order valence-electron chi connectivity index (χ1n) is 9.24. The quantitative estimate of drug-likeness (QED) is 0.768. The van der Waals surface area contributed by atoms with Gasteiger partial charge in [-0.1, -0.05) is 38.1 Å². The smallest absolute Gasteiger partial charge is 0.251 e. The number of thioether (sulfide) groups is 1. The maximum absolute atomic E-state index is 12.4. The van der Waals surface area contributed by atoms with Gasteiger partial charge in [0.2, 0.25) is 5.91 Å². The molecule has 3 rings (SSSR count). The summed E-state index contributed by atoms with van der Waals surface area (Å²) in [5.74, 6) is 0.243. The molecule has 0 aliphatic carbocycles. The van der Waals surface area contributed by atoms with Crippen molar-refractivity contribution in [1.82, 2.24) is 10.2 Å². The summed E-state index contributed by atoms with van der Waals surface area (Å²) in [6.07, 6.45) is 0. The SMILES string of the molecule is CCN(CC)Cc1ccc(CNC(=O)c2ccc3c(c2)NC(=O)CS3)cc1. The lowest BCUT2D eigenvalue weighted by Crippen LogP contribution is -2.24. The molecule has 2 aromatic rings. The molecule has 1 heterocycles. The third kappa shape index (κ3) is 5.11. The second-order valence-electron chi connectivity index (χ2n) is 6.51. The van der Waals surface area contributed by atoms with Gasteiger partial charge in [0.1, 0.15) is 0 Å². The zero-order valence-corrected chi connectivity index (χ0v) is 16.6. The van der Waals surface area contributed by atoms with Crippen LogP contribution in [0.15, 0.2) is 47.4 Å². The van der Waals surface area contributed by atoms with Crippen molar-refractivity contribution in [3.05, 3.63) is 59.2 Å². The number of nitrogens with zero attached hydrogens (tertiary/aromatic N) is 1. The van der Waals surface area contributed by atoms with Crippen LogP contribution in [-0.4, -0.2) is 35.6 Å². The first-order chi connectivity index (χ1) is 13.1. The predicted molar refractivity (Wildman–Crippen MR) is 110 cm³/mol. The summed E-state index contributed by atoms with van der Waals surface area (Å²) in [6.45, 7) is 7.82. The van der Waals surface area contributed by atoms with Crippen molar-refractivity contribution in [3.63, 3.8) is 0 Å². The molecule has 2 aromatic carbocycles. The normalized spacial score (nSPS) is 13.2. The Morgan fingerprint density at radius 1 is 1.11 bits per heavy atom. The molecule has 0 bridgehead atoms. The fourth-order valence-corrected chi connectivity index (χ4v) is 3.77. The van der Waals surface area contributed by atoms with Crippen molar-refractivity contribution in [2.24, 2.45) is 0 Å². The summed E-state index contributed by atoms with van der Waals surface area (Å²) >= 11 is 1.49. The summed E-state index contributed by atoms with van der Waals surface area (Å²) in [4.78, 5) is 27.3. The largest absolute Gasteiger partial charge is 0.348 e. The molecular weight excluding hydrogens is 358 g/mol. The highest BCUT2D eigenvalue weighted by Gasteiger charge is 2.17. The van der Waals surface area contributed by atoms with E-state index in [0.717, 1.165) is 30.1 Å². The molecule has 6 heteroatoms. The van der Waals surface area contributed by atoms with Crippen LogP contribution in [0.25, 0.3) is 0 Å². The zero-order valence-electron chi connectivity index (χ0n) is 15.7. The average Bonchev–Trinajstić information content (AvgIpc) is 2.70. The van der Waals surface area contributed by atoms with Crippen LogP contribution >= 0.6 is 11.8 Å². The fourth-order valence-electron chi connectivity index (χ4n) is 2.98. The molecule has 0 fully saturated rings. The Kier molecular flexibility index (Phi) is 6.53. The highest BCUT2D eigenvalue weighted by Crippen LogP contribution is 2.31. The maximum atomic E-state index is 12.4. The number of benzene rings is 2. The first-order valence-corrected chi connectivity index (χ1v) is 10.2. The van der Waals surface area contributed by atoms with Crippen molar-refractivity contribution in [2.75, 3.05) is 24.2 Å². The van der Waals surface area contributed by atoms with Crippen LogP contribution in [0.1, 0.15) is 35.3 Å². The minimum absolute atomic E-state index is 0.0325. The van der Waals surface area contributed by atoms with Gasteiger partial charge in [-0.05, 0) is 42.4 Å². The van der Waals surface area contributed by atoms with Crippen LogP contribution < -0.4 is 10.6 Å². The summed E-state index contributed by atoms with van der Waals surface area (Å²) in [5.41, 5.74) is 3.60. The van der Waals surface area contributed by atoms with Crippen LogP contribution in [0.2, 0.25) is 0 Å². The Morgan fingerprint density at radius 3 is 2.52 bits per heavy atom. The van der Waals surface area contributed by atoms with Crippen LogP contribution in [0.4, 0.5) is 5.69 Å². The van der Waals surface area contributed by atoms with Gasteiger partial charge in [-0.3, -0.25) is 14.5 Å². The van der Waals surface area contributed by atoms with E-state index >= 15 is 0 Å². The molecule has 1 aliphatic heterocycles. The Labute approximate surface area is 164 Å².